The SMILES string of the molecule is CCNC(=NCCCOC1CCCC1)N1CCN(c2ccccn2)CC1. The number of nitrogens with one attached hydrogen (secondary N) is 1. The number of ether oxygens (including phenoxy) is 1. The van der Waals surface area contributed by atoms with Gasteiger partial charge in [0.15, 0.2) is 5.96 Å². The van der Waals surface area contributed by atoms with Crippen LogP contribution in [-0.2, 0) is 4.74 Å². The lowest BCUT2D eigenvalue weighted by molar-refractivity contribution is 0.0579. The fraction of sp³-hybridized carbons (Fsp3) is 0.700. The molecule has 26 heavy (non-hydrogen) atoms. The summed E-state index contributed by atoms with van der Waals surface area (Å²) in [6.07, 6.45) is 8.52. The minimum atomic E-state index is 0.506. The van der Waals surface area contributed by atoms with Crippen molar-refractivity contribution in [3.63, 3.8) is 0 Å². The van der Waals surface area contributed by atoms with Crippen molar-refractivity contribution in [1.82, 2.24) is 15.2 Å². The summed E-state index contributed by atoms with van der Waals surface area (Å²) in [7, 11) is 0. The molecular weight excluding hydrogens is 326 g/mol. The molecule has 1 N–H and O–H groups in total. The van der Waals surface area contributed by atoms with Gasteiger partial charge in [-0.2, -0.15) is 0 Å². The molecule has 1 saturated heterocycles. The Balaban J connectivity index is 1.42. The van der Waals surface area contributed by atoms with Crippen molar-refractivity contribution < 1.29 is 4.74 Å². The fourth-order valence-corrected chi connectivity index (χ4v) is 3.67. The Morgan fingerprint density at radius 2 is 2.04 bits per heavy atom. The predicted octanol–water partition coefficient (Wildman–Crippen LogP) is 2.52. The Labute approximate surface area is 157 Å². The number of aliphatic imine (C=N–C) groups is 1. The minimum absolute atomic E-state index is 0.506. The summed E-state index contributed by atoms with van der Waals surface area (Å²) >= 11 is 0. The van der Waals surface area contributed by atoms with Crippen LogP contribution in [0, 0.1) is 0 Å². The number of hydrogen-bond acceptors (Lipinski definition) is 4. The summed E-state index contributed by atoms with van der Waals surface area (Å²) in [5.74, 6) is 2.10. The Hall–Kier alpha value is -1.82. The summed E-state index contributed by atoms with van der Waals surface area (Å²) in [6.45, 7) is 8.59. The van der Waals surface area contributed by atoms with E-state index in [2.05, 4.69) is 33.1 Å². The number of nitrogens with zero attached hydrogens (tertiary/aromatic N) is 4. The lowest BCUT2D eigenvalue weighted by atomic mass is 10.3. The molecule has 0 spiro atoms. The number of piperazine rings is 1. The maximum atomic E-state index is 5.94. The first-order chi connectivity index (χ1) is 12.9. The average Bonchev–Trinajstić information content (AvgIpc) is 3.21. The highest BCUT2D eigenvalue weighted by atomic mass is 16.5. The van der Waals surface area contributed by atoms with Crippen LogP contribution in [0.15, 0.2) is 29.4 Å². The minimum Gasteiger partial charge on any atom is -0.378 e. The highest BCUT2D eigenvalue weighted by molar-refractivity contribution is 5.80. The highest BCUT2D eigenvalue weighted by Gasteiger charge is 2.20. The van der Waals surface area contributed by atoms with E-state index in [1.165, 1.54) is 25.7 Å². The van der Waals surface area contributed by atoms with Gasteiger partial charge in [-0.15, -0.1) is 0 Å². The van der Waals surface area contributed by atoms with Crippen molar-refractivity contribution in [2.45, 2.75) is 45.1 Å². The molecule has 1 aromatic heterocycles. The Bertz CT molecular complexity index is 536. The summed E-state index contributed by atoms with van der Waals surface area (Å²) < 4.78 is 5.94. The maximum Gasteiger partial charge on any atom is 0.194 e. The molecule has 6 heteroatoms. The van der Waals surface area contributed by atoms with E-state index in [-0.39, 0.29) is 0 Å². The molecule has 1 aliphatic carbocycles. The third-order valence-corrected chi connectivity index (χ3v) is 5.11. The molecule has 0 unspecified atom stereocenters. The van der Waals surface area contributed by atoms with Crippen molar-refractivity contribution in [2.24, 2.45) is 4.99 Å². The first-order valence-electron chi connectivity index (χ1n) is 10.2. The van der Waals surface area contributed by atoms with Gasteiger partial charge in [-0.05, 0) is 38.3 Å². The largest absolute Gasteiger partial charge is 0.378 e. The van der Waals surface area contributed by atoms with Crippen LogP contribution in [0.25, 0.3) is 0 Å². The van der Waals surface area contributed by atoms with Crippen LogP contribution in [0.3, 0.4) is 0 Å². The first-order valence-corrected chi connectivity index (χ1v) is 10.2. The van der Waals surface area contributed by atoms with Crippen LogP contribution in [-0.4, -0.2) is 67.8 Å². The van der Waals surface area contributed by atoms with Crippen LogP contribution in [0.1, 0.15) is 39.0 Å². The molecule has 2 heterocycles. The number of anilines is 1. The molecule has 0 aromatic carbocycles. The van der Waals surface area contributed by atoms with Gasteiger partial charge in [0.25, 0.3) is 0 Å². The standard InChI is InChI=1S/C20H33N5O/c1-2-21-20(23-12-7-17-26-18-8-3-4-9-18)25-15-13-24(14-16-25)19-10-5-6-11-22-19/h5-6,10-11,18H,2-4,7-9,12-17H2,1H3,(H,21,23). The Morgan fingerprint density at radius 1 is 1.23 bits per heavy atom. The van der Waals surface area contributed by atoms with Crippen LogP contribution >= 0.6 is 0 Å². The maximum absolute atomic E-state index is 5.94. The number of pyridine rings is 1. The predicted molar refractivity (Wildman–Crippen MR) is 107 cm³/mol. The fourth-order valence-electron chi connectivity index (χ4n) is 3.67. The Morgan fingerprint density at radius 3 is 2.73 bits per heavy atom. The molecule has 6 nitrogen and oxygen atoms in total. The number of aromatic nitrogens is 1. The van der Waals surface area contributed by atoms with E-state index in [0.717, 1.165) is 64.1 Å². The van der Waals surface area contributed by atoms with Gasteiger partial charge >= 0.3 is 0 Å². The van der Waals surface area contributed by atoms with Gasteiger partial charge in [0, 0.05) is 52.1 Å². The van der Waals surface area contributed by atoms with Crippen molar-refractivity contribution in [3.05, 3.63) is 24.4 Å². The lowest BCUT2D eigenvalue weighted by Crippen LogP contribution is -2.52. The van der Waals surface area contributed by atoms with E-state index in [9.17, 15) is 0 Å². The summed E-state index contributed by atoms with van der Waals surface area (Å²) in [6, 6.07) is 6.10. The van der Waals surface area contributed by atoms with Crippen molar-refractivity contribution in [1.29, 1.82) is 0 Å². The summed E-state index contributed by atoms with van der Waals surface area (Å²) in [5, 5.41) is 3.44. The van der Waals surface area contributed by atoms with Gasteiger partial charge in [0.2, 0.25) is 0 Å². The molecule has 0 radical (unpaired) electrons. The summed E-state index contributed by atoms with van der Waals surface area (Å²) in [4.78, 5) is 14.0. The molecule has 2 fully saturated rings. The van der Waals surface area contributed by atoms with Crippen molar-refractivity contribution >= 4 is 11.8 Å². The molecule has 1 saturated carbocycles. The molecule has 3 rings (SSSR count). The van der Waals surface area contributed by atoms with Gasteiger partial charge in [-0.1, -0.05) is 18.9 Å². The first kappa shape index (κ1) is 19.0. The second kappa shape index (κ2) is 10.4. The topological polar surface area (TPSA) is 53.0 Å². The normalized spacial score (nSPS) is 19.2. The zero-order chi connectivity index (χ0) is 18.0. The number of rotatable bonds is 7. The third kappa shape index (κ3) is 5.59. The molecule has 0 bridgehead atoms. The summed E-state index contributed by atoms with van der Waals surface area (Å²) in [5.41, 5.74) is 0. The zero-order valence-electron chi connectivity index (χ0n) is 16.1. The second-order valence-corrected chi connectivity index (χ2v) is 7.03. The monoisotopic (exact) mass is 359 g/mol. The van der Waals surface area contributed by atoms with E-state index < -0.39 is 0 Å². The van der Waals surface area contributed by atoms with E-state index in [1.54, 1.807) is 0 Å². The van der Waals surface area contributed by atoms with Crippen LogP contribution in [0.4, 0.5) is 5.82 Å². The quantitative estimate of drug-likeness (QED) is 0.461. The number of hydrogen-bond donors (Lipinski definition) is 1. The molecule has 0 amide bonds. The van der Waals surface area contributed by atoms with Gasteiger partial charge < -0.3 is 19.9 Å². The molecule has 2 aliphatic rings. The van der Waals surface area contributed by atoms with E-state index in [1.807, 2.05) is 18.3 Å². The van der Waals surface area contributed by atoms with Gasteiger partial charge in [0.1, 0.15) is 5.82 Å². The van der Waals surface area contributed by atoms with Crippen molar-refractivity contribution in [2.75, 3.05) is 50.8 Å². The van der Waals surface area contributed by atoms with Crippen LogP contribution in [0.5, 0.6) is 0 Å². The van der Waals surface area contributed by atoms with Gasteiger partial charge in [0.05, 0.1) is 6.10 Å². The zero-order valence-corrected chi connectivity index (χ0v) is 16.1. The molecule has 0 atom stereocenters. The van der Waals surface area contributed by atoms with Gasteiger partial charge in [-0.3, -0.25) is 4.99 Å². The second-order valence-electron chi connectivity index (χ2n) is 7.03. The van der Waals surface area contributed by atoms with E-state index >= 15 is 0 Å². The van der Waals surface area contributed by atoms with Crippen LogP contribution in [0.2, 0.25) is 0 Å². The molecule has 1 aliphatic heterocycles. The average molecular weight is 360 g/mol. The van der Waals surface area contributed by atoms with Crippen molar-refractivity contribution in [3.8, 4) is 0 Å². The third-order valence-electron chi connectivity index (χ3n) is 5.11. The smallest absolute Gasteiger partial charge is 0.194 e. The molecular formula is C20H33N5O. The van der Waals surface area contributed by atoms with E-state index in [0.29, 0.717) is 6.10 Å². The molecule has 1 aromatic rings. The number of guanidine groups is 1. The van der Waals surface area contributed by atoms with Crippen LogP contribution < -0.4 is 10.2 Å². The van der Waals surface area contributed by atoms with E-state index in [4.69, 9.17) is 9.73 Å². The highest BCUT2D eigenvalue weighted by Crippen LogP contribution is 2.20. The Kier molecular flexibility index (Phi) is 7.55. The molecule has 144 valence electrons. The van der Waals surface area contributed by atoms with Gasteiger partial charge in [-0.25, -0.2) is 4.98 Å². The lowest BCUT2D eigenvalue weighted by Gasteiger charge is -2.37.